The van der Waals surface area contributed by atoms with Gasteiger partial charge in [0, 0.05) is 6.54 Å². The maximum absolute atomic E-state index is 13.0. The van der Waals surface area contributed by atoms with Crippen molar-refractivity contribution < 1.29 is 9.50 Å². The van der Waals surface area contributed by atoms with Crippen LogP contribution in [0.25, 0.3) is 0 Å². The molecule has 0 aliphatic heterocycles. The Morgan fingerprint density at radius 1 is 1.33 bits per heavy atom. The quantitative estimate of drug-likeness (QED) is 0.694. The number of halogens is 1. The monoisotopic (exact) mass is 254 g/mol. The van der Waals surface area contributed by atoms with Crippen molar-refractivity contribution in [1.29, 1.82) is 0 Å². The van der Waals surface area contributed by atoms with E-state index in [-0.39, 0.29) is 5.82 Å². The predicted octanol–water partition coefficient (Wildman–Crippen LogP) is 1.79. The van der Waals surface area contributed by atoms with E-state index in [9.17, 15) is 9.50 Å². The lowest BCUT2D eigenvalue weighted by molar-refractivity contribution is 0.174. The summed E-state index contributed by atoms with van der Waals surface area (Å²) in [7, 11) is 4.11. The lowest BCUT2D eigenvalue weighted by atomic mass is 10.1. The van der Waals surface area contributed by atoms with Crippen LogP contribution in [0.3, 0.4) is 0 Å². The molecule has 1 atom stereocenters. The summed E-state index contributed by atoms with van der Waals surface area (Å²) >= 11 is 0. The molecule has 1 rings (SSSR count). The Balaban J connectivity index is 2.15. The van der Waals surface area contributed by atoms with Crippen LogP contribution in [0.5, 0.6) is 0 Å². The van der Waals surface area contributed by atoms with Crippen molar-refractivity contribution in [2.24, 2.45) is 0 Å². The van der Waals surface area contributed by atoms with E-state index in [4.69, 9.17) is 0 Å². The van der Waals surface area contributed by atoms with Gasteiger partial charge in [0.1, 0.15) is 5.82 Å². The van der Waals surface area contributed by atoms with Gasteiger partial charge in [-0.25, -0.2) is 4.39 Å². The molecule has 0 radical (unpaired) electrons. The van der Waals surface area contributed by atoms with Gasteiger partial charge in [-0.05, 0) is 57.7 Å². The molecule has 0 aromatic heterocycles. The Kier molecular flexibility index (Phi) is 6.86. The molecule has 3 nitrogen and oxygen atoms in total. The van der Waals surface area contributed by atoms with Gasteiger partial charge in [0.15, 0.2) is 0 Å². The Bertz CT molecular complexity index is 344. The molecule has 1 aromatic rings. The highest BCUT2D eigenvalue weighted by atomic mass is 19.1. The van der Waals surface area contributed by atoms with Gasteiger partial charge < -0.3 is 15.3 Å². The second kappa shape index (κ2) is 8.19. The fraction of sp³-hybridized carbons (Fsp3) is 0.571. The molecule has 1 aromatic carbocycles. The highest BCUT2D eigenvalue weighted by Gasteiger charge is 2.07. The SMILES string of the molecule is CN(C)CCCCNCC(O)c1cccc(F)c1. The van der Waals surface area contributed by atoms with Gasteiger partial charge in [0.25, 0.3) is 0 Å². The zero-order valence-corrected chi connectivity index (χ0v) is 11.2. The van der Waals surface area contributed by atoms with Gasteiger partial charge in [-0.1, -0.05) is 12.1 Å². The van der Waals surface area contributed by atoms with Gasteiger partial charge in [-0.15, -0.1) is 0 Å². The van der Waals surface area contributed by atoms with Gasteiger partial charge in [-0.2, -0.15) is 0 Å². The first-order valence-electron chi connectivity index (χ1n) is 6.38. The molecule has 4 heteroatoms. The lowest BCUT2D eigenvalue weighted by Crippen LogP contribution is -2.23. The number of hydrogen-bond acceptors (Lipinski definition) is 3. The van der Waals surface area contributed by atoms with Gasteiger partial charge >= 0.3 is 0 Å². The Morgan fingerprint density at radius 3 is 2.78 bits per heavy atom. The van der Waals surface area contributed by atoms with E-state index in [0.29, 0.717) is 12.1 Å². The number of benzene rings is 1. The second-order valence-electron chi connectivity index (χ2n) is 4.79. The van der Waals surface area contributed by atoms with Crippen molar-refractivity contribution in [3.05, 3.63) is 35.6 Å². The first-order chi connectivity index (χ1) is 8.59. The summed E-state index contributed by atoms with van der Waals surface area (Å²) in [5.41, 5.74) is 0.621. The molecule has 0 saturated carbocycles. The zero-order valence-electron chi connectivity index (χ0n) is 11.2. The standard InChI is InChI=1S/C14H23FN2O/c1-17(2)9-4-3-8-16-11-14(18)12-6-5-7-13(15)10-12/h5-7,10,14,16,18H,3-4,8-9,11H2,1-2H3. The summed E-state index contributed by atoms with van der Waals surface area (Å²) in [6.45, 7) is 2.42. The first-order valence-corrected chi connectivity index (χ1v) is 6.38. The van der Waals surface area contributed by atoms with E-state index < -0.39 is 6.10 Å². The summed E-state index contributed by atoms with van der Waals surface area (Å²) in [5.74, 6) is -0.308. The number of aliphatic hydroxyl groups excluding tert-OH is 1. The largest absolute Gasteiger partial charge is 0.387 e. The molecule has 0 spiro atoms. The molecule has 18 heavy (non-hydrogen) atoms. The summed E-state index contributed by atoms with van der Waals surface area (Å²) in [5, 5.41) is 13.0. The molecule has 1 unspecified atom stereocenters. The molecular weight excluding hydrogens is 231 g/mol. The third-order valence-corrected chi connectivity index (χ3v) is 2.78. The van der Waals surface area contributed by atoms with Crippen LogP contribution in [0, 0.1) is 5.82 Å². The molecule has 0 fully saturated rings. The molecular formula is C14H23FN2O. The van der Waals surface area contributed by atoms with E-state index in [2.05, 4.69) is 24.3 Å². The van der Waals surface area contributed by atoms with Crippen molar-refractivity contribution in [2.75, 3.05) is 33.7 Å². The molecule has 2 N–H and O–H groups in total. The van der Waals surface area contributed by atoms with Crippen LogP contribution in [0.4, 0.5) is 4.39 Å². The molecule has 0 aliphatic rings. The van der Waals surface area contributed by atoms with E-state index in [1.807, 2.05) is 0 Å². The van der Waals surface area contributed by atoms with Crippen LogP contribution in [-0.4, -0.2) is 43.7 Å². The number of unbranched alkanes of at least 4 members (excludes halogenated alkanes) is 1. The van der Waals surface area contributed by atoms with Crippen molar-refractivity contribution in [3.8, 4) is 0 Å². The highest BCUT2D eigenvalue weighted by molar-refractivity contribution is 5.18. The fourth-order valence-electron chi connectivity index (χ4n) is 1.75. The molecule has 0 bridgehead atoms. The summed E-state index contributed by atoms with van der Waals surface area (Å²) in [4.78, 5) is 2.15. The number of nitrogens with one attached hydrogen (secondary N) is 1. The summed E-state index contributed by atoms with van der Waals surface area (Å²) in [6, 6.07) is 6.11. The minimum atomic E-state index is -0.644. The molecule has 0 saturated heterocycles. The minimum Gasteiger partial charge on any atom is -0.387 e. The predicted molar refractivity (Wildman–Crippen MR) is 72.0 cm³/mol. The second-order valence-corrected chi connectivity index (χ2v) is 4.79. The van der Waals surface area contributed by atoms with Crippen molar-refractivity contribution >= 4 is 0 Å². The van der Waals surface area contributed by atoms with Gasteiger partial charge in [0.05, 0.1) is 6.10 Å². The van der Waals surface area contributed by atoms with Crippen molar-refractivity contribution in [1.82, 2.24) is 10.2 Å². The smallest absolute Gasteiger partial charge is 0.123 e. The fourth-order valence-corrected chi connectivity index (χ4v) is 1.75. The zero-order chi connectivity index (χ0) is 13.4. The van der Waals surface area contributed by atoms with Crippen LogP contribution < -0.4 is 5.32 Å². The van der Waals surface area contributed by atoms with Crippen molar-refractivity contribution in [2.45, 2.75) is 18.9 Å². The van der Waals surface area contributed by atoms with Gasteiger partial charge in [0.2, 0.25) is 0 Å². The van der Waals surface area contributed by atoms with Crippen molar-refractivity contribution in [3.63, 3.8) is 0 Å². The van der Waals surface area contributed by atoms with Crippen LogP contribution in [0.15, 0.2) is 24.3 Å². The van der Waals surface area contributed by atoms with Crippen LogP contribution in [0.1, 0.15) is 24.5 Å². The minimum absolute atomic E-state index is 0.308. The average Bonchev–Trinajstić information content (AvgIpc) is 2.33. The molecule has 0 heterocycles. The number of hydrogen-bond donors (Lipinski definition) is 2. The maximum atomic E-state index is 13.0. The van der Waals surface area contributed by atoms with E-state index >= 15 is 0 Å². The number of aliphatic hydroxyl groups is 1. The Hall–Kier alpha value is -0.970. The van der Waals surface area contributed by atoms with Crippen LogP contribution in [-0.2, 0) is 0 Å². The van der Waals surface area contributed by atoms with Crippen LogP contribution in [0.2, 0.25) is 0 Å². The van der Waals surface area contributed by atoms with Gasteiger partial charge in [-0.3, -0.25) is 0 Å². The van der Waals surface area contributed by atoms with E-state index in [1.165, 1.54) is 12.1 Å². The third kappa shape index (κ3) is 6.10. The average molecular weight is 254 g/mol. The lowest BCUT2D eigenvalue weighted by Gasteiger charge is -2.13. The third-order valence-electron chi connectivity index (χ3n) is 2.78. The molecule has 0 aliphatic carbocycles. The summed E-state index contributed by atoms with van der Waals surface area (Å²) < 4.78 is 13.0. The van der Waals surface area contributed by atoms with E-state index in [0.717, 1.165) is 25.9 Å². The number of nitrogens with zero attached hydrogens (tertiary/aromatic N) is 1. The highest BCUT2D eigenvalue weighted by Crippen LogP contribution is 2.12. The maximum Gasteiger partial charge on any atom is 0.123 e. The summed E-state index contributed by atoms with van der Waals surface area (Å²) in [6.07, 6.45) is 1.57. The van der Waals surface area contributed by atoms with Crippen LogP contribution >= 0.6 is 0 Å². The topological polar surface area (TPSA) is 35.5 Å². The number of rotatable bonds is 8. The Morgan fingerprint density at radius 2 is 2.11 bits per heavy atom. The Labute approximate surface area is 109 Å². The molecule has 102 valence electrons. The normalized spacial score (nSPS) is 12.9. The molecule has 0 amide bonds. The first kappa shape index (κ1) is 15.1. The van der Waals surface area contributed by atoms with E-state index in [1.54, 1.807) is 12.1 Å².